The van der Waals surface area contributed by atoms with Gasteiger partial charge in [0, 0.05) is 18.8 Å². The molecule has 0 spiro atoms. The number of hydrogen-bond acceptors (Lipinski definition) is 5. The van der Waals surface area contributed by atoms with Gasteiger partial charge in [-0.2, -0.15) is 0 Å². The highest BCUT2D eigenvalue weighted by Crippen LogP contribution is 2.27. The zero-order valence-corrected chi connectivity index (χ0v) is 13.5. The van der Waals surface area contributed by atoms with Gasteiger partial charge in [0.25, 0.3) is 5.91 Å². The van der Waals surface area contributed by atoms with Gasteiger partial charge in [-0.05, 0) is 30.2 Å². The highest BCUT2D eigenvalue weighted by atomic mass is 16.5. The van der Waals surface area contributed by atoms with Gasteiger partial charge in [-0.3, -0.25) is 4.79 Å². The van der Waals surface area contributed by atoms with E-state index in [2.05, 4.69) is 10.3 Å². The van der Waals surface area contributed by atoms with E-state index in [1.54, 1.807) is 32.5 Å². The number of benzene rings is 1. The van der Waals surface area contributed by atoms with Crippen molar-refractivity contribution in [1.82, 2.24) is 10.3 Å². The number of nitrogens with zero attached hydrogens (tertiary/aromatic N) is 1. The van der Waals surface area contributed by atoms with Crippen LogP contribution < -0.4 is 19.5 Å². The summed E-state index contributed by atoms with van der Waals surface area (Å²) in [6.07, 6.45) is 1.66. The lowest BCUT2D eigenvalue weighted by Gasteiger charge is -2.11. The Kier molecular flexibility index (Phi) is 5.80. The number of nitrogens with one attached hydrogen (secondary N) is 1. The van der Waals surface area contributed by atoms with Gasteiger partial charge < -0.3 is 19.5 Å². The van der Waals surface area contributed by atoms with Crippen molar-refractivity contribution in [3.63, 3.8) is 0 Å². The Hall–Kier alpha value is -2.76. The molecule has 0 aliphatic rings. The molecule has 1 N–H and O–H groups in total. The van der Waals surface area contributed by atoms with Crippen molar-refractivity contribution >= 4 is 5.91 Å². The molecule has 0 fully saturated rings. The molecule has 2 rings (SSSR count). The molecule has 0 saturated carbocycles. The smallest absolute Gasteiger partial charge is 0.258 e. The molecule has 6 heteroatoms. The lowest BCUT2D eigenvalue weighted by Crippen LogP contribution is -2.28. The summed E-state index contributed by atoms with van der Waals surface area (Å²) in [5, 5.41) is 2.77. The molecular formula is C17H20N2O4. The van der Waals surface area contributed by atoms with Crippen molar-refractivity contribution in [3.8, 4) is 17.4 Å². The van der Waals surface area contributed by atoms with Gasteiger partial charge in [0.2, 0.25) is 5.88 Å². The topological polar surface area (TPSA) is 69.7 Å². The second-order valence-electron chi connectivity index (χ2n) is 4.93. The molecule has 0 aliphatic carbocycles. The van der Waals surface area contributed by atoms with Crippen LogP contribution in [0.5, 0.6) is 17.4 Å². The van der Waals surface area contributed by atoms with Gasteiger partial charge in [-0.25, -0.2) is 4.98 Å². The summed E-state index contributed by atoms with van der Waals surface area (Å²) in [6, 6.07) is 9.13. The number of hydrogen-bond donors (Lipinski definition) is 1. The lowest BCUT2D eigenvalue weighted by molar-refractivity contribution is -0.123. The fourth-order valence-corrected chi connectivity index (χ4v) is 1.93. The van der Waals surface area contributed by atoms with Crippen LogP contribution in [0.25, 0.3) is 0 Å². The van der Waals surface area contributed by atoms with E-state index in [1.165, 1.54) is 0 Å². The Balaban J connectivity index is 1.83. The van der Waals surface area contributed by atoms with Crippen LogP contribution in [0.1, 0.15) is 11.1 Å². The Bertz CT molecular complexity index is 656. The molecule has 6 nitrogen and oxygen atoms in total. The van der Waals surface area contributed by atoms with Crippen molar-refractivity contribution in [3.05, 3.63) is 47.7 Å². The molecule has 1 heterocycles. The Labute approximate surface area is 135 Å². The normalized spacial score (nSPS) is 10.0. The number of aryl methyl sites for hydroxylation is 1. The van der Waals surface area contributed by atoms with E-state index in [-0.39, 0.29) is 12.5 Å². The van der Waals surface area contributed by atoms with Gasteiger partial charge in [-0.15, -0.1) is 0 Å². The van der Waals surface area contributed by atoms with Crippen LogP contribution in [0.4, 0.5) is 0 Å². The Morgan fingerprint density at radius 2 is 1.96 bits per heavy atom. The van der Waals surface area contributed by atoms with Crippen LogP contribution in [0.2, 0.25) is 0 Å². The van der Waals surface area contributed by atoms with Crippen molar-refractivity contribution in [2.75, 3.05) is 20.8 Å². The predicted octanol–water partition coefficient (Wildman–Crippen LogP) is 2.10. The Morgan fingerprint density at radius 3 is 2.61 bits per heavy atom. The quantitative estimate of drug-likeness (QED) is 0.847. The average molecular weight is 316 g/mol. The minimum Gasteiger partial charge on any atom is -0.493 e. The van der Waals surface area contributed by atoms with Crippen molar-refractivity contribution in [2.24, 2.45) is 0 Å². The molecule has 2 aromatic rings. The molecule has 0 aliphatic heterocycles. The lowest BCUT2D eigenvalue weighted by atomic mass is 10.2. The largest absolute Gasteiger partial charge is 0.493 e. The highest BCUT2D eigenvalue weighted by molar-refractivity contribution is 5.77. The molecular weight excluding hydrogens is 296 g/mol. The number of carbonyl (C=O) groups is 1. The summed E-state index contributed by atoms with van der Waals surface area (Å²) in [4.78, 5) is 15.9. The molecule has 0 bridgehead atoms. The molecule has 0 atom stereocenters. The SMILES string of the molecule is COc1ccc(CNC(=O)COc2ccc(C)cc2OC)cn1. The number of amides is 1. The summed E-state index contributed by atoms with van der Waals surface area (Å²) in [5.41, 5.74) is 1.94. The summed E-state index contributed by atoms with van der Waals surface area (Å²) in [7, 11) is 3.12. The van der Waals surface area contributed by atoms with Crippen LogP contribution >= 0.6 is 0 Å². The maximum atomic E-state index is 11.9. The first-order chi connectivity index (χ1) is 11.1. The van der Waals surface area contributed by atoms with Gasteiger partial charge in [0.05, 0.1) is 14.2 Å². The third kappa shape index (κ3) is 4.88. The van der Waals surface area contributed by atoms with Crippen LogP contribution in [0, 0.1) is 6.92 Å². The van der Waals surface area contributed by atoms with Crippen molar-refractivity contribution < 1.29 is 19.0 Å². The van der Waals surface area contributed by atoms with E-state index in [9.17, 15) is 4.79 Å². The molecule has 0 unspecified atom stereocenters. The molecule has 0 radical (unpaired) electrons. The first-order valence-electron chi connectivity index (χ1n) is 7.15. The predicted molar refractivity (Wildman–Crippen MR) is 85.9 cm³/mol. The van der Waals surface area contributed by atoms with E-state index < -0.39 is 0 Å². The van der Waals surface area contributed by atoms with E-state index in [4.69, 9.17) is 14.2 Å². The maximum Gasteiger partial charge on any atom is 0.258 e. The molecule has 1 amide bonds. The first-order valence-corrected chi connectivity index (χ1v) is 7.15. The Morgan fingerprint density at radius 1 is 1.13 bits per heavy atom. The van der Waals surface area contributed by atoms with E-state index >= 15 is 0 Å². The number of pyridine rings is 1. The minimum absolute atomic E-state index is 0.0804. The van der Waals surface area contributed by atoms with Gasteiger partial charge >= 0.3 is 0 Å². The maximum absolute atomic E-state index is 11.9. The summed E-state index contributed by atoms with van der Waals surface area (Å²) >= 11 is 0. The number of ether oxygens (including phenoxy) is 3. The number of rotatable bonds is 7. The molecule has 1 aromatic carbocycles. The van der Waals surface area contributed by atoms with Gasteiger partial charge in [0.1, 0.15) is 0 Å². The minimum atomic E-state index is -0.219. The molecule has 1 aromatic heterocycles. The molecule has 23 heavy (non-hydrogen) atoms. The van der Waals surface area contributed by atoms with Gasteiger partial charge in [0.15, 0.2) is 18.1 Å². The van der Waals surface area contributed by atoms with Gasteiger partial charge in [-0.1, -0.05) is 12.1 Å². The second kappa shape index (κ2) is 8.03. The van der Waals surface area contributed by atoms with E-state index in [0.717, 1.165) is 11.1 Å². The van der Waals surface area contributed by atoms with Crippen LogP contribution in [0.15, 0.2) is 36.5 Å². The van der Waals surface area contributed by atoms with E-state index in [0.29, 0.717) is 23.9 Å². The number of carbonyl (C=O) groups excluding carboxylic acids is 1. The average Bonchev–Trinajstić information content (AvgIpc) is 2.59. The molecule has 122 valence electrons. The second-order valence-corrected chi connectivity index (χ2v) is 4.93. The zero-order valence-electron chi connectivity index (χ0n) is 13.5. The first kappa shape index (κ1) is 16.6. The van der Waals surface area contributed by atoms with E-state index in [1.807, 2.05) is 25.1 Å². The highest BCUT2D eigenvalue weighted by Gasteiger charge is 2.08. The fraction of sp³-hybridized carbons (Fsp3) is 0.294. The third-order valence-electron chi connectivity index (χ3n) is 3.17. The molecule has 0 saturated heterocycles. The zero-order chi connectivity index (χ0) is 16.7. The summed E-state index contributed by atoms with van der Waals surface area (Å²) < 4.78 is 15.7. The summed E-state index contributed by atoms with van der Waals surface area (Å²) in [6.45, 7) is 2.26. The fourth-order valence-electron chi connectivity index (χ4n) is 1.93. The summed E-state index contributed by atoms with van der Waals surface area (Å²) in [5.74, 6) is 1.47. The van der Waals surface area contributed by atoms with Crippen LogP contribution in [0.3, 0.4) is 0 Å². The number of methoxy groups -OCH3 is 2. The van der Waals surface area contributed by atoms with Crippen molar-refractivity contribution in [2.45, 2.75) is 13.5 Å². The third-order valence-corrected chi connectivity index (χ3v) is 3.17. The standard InChI is InChI=1S/C17H20N2O4/c1-12-4-6-14(15(8-12)21-2)23-11-16(20)18-9-13-5-7-17(22-3)19-10-13/h4-8,10H,9,11H2,1-3H3,(H,18,20). The number of aromatic nitrogens is 1. The van der Waals surface area contributed by atoms with Crippen LogP contribution in [-0.4, -0.2) is 31.7 Å². The monoisotopic (exact) mass is 316 g/mol. The van der Waals surface area contributed by atoms with Crippen LogP contribution in [-0.2, 0) is 11.3 Å². The van der Waals surface area contributed by atoms with Crippen molar-refractivity contribution in [1.29, 1.82) is 0 Å².